The number of rotatable bonds is 4. The maximum atomic E-state index is 12.7. The van der Waals surface area contributed by atoms with Crippen molar-refractivity contribution < 1.29 is 28.5 Å². The van der Waals surface area contributed by atoms with Gasteiger partial charge in [0.2, 0.25) is 5.75 Å². The second-order valence-electron chi connectivity index (χ2n) is 12.6. The highest BCUT2D eigenvalue weighted by Crippen LogP contribution is 2.51. The Bertz CT molecular complexity index is 1810. The lowest BCUT2D eigenvalue weighted by Crippen LogP contribution is -2.34. The van der Waals surface area contributed by atoms with E-state index in [0.29, 0.717) is 35.2 Å². The Labute approximate surface area is 275 Å². The molecule has 4 aromatic carbocycles. The van der Waals surface area contributed by atoms with E-state index in [4.69, 9.17) is 29.4 Å². The fourth-order valence-electron chi connectivity index (χ4n) is 7.13. The first kappa shape index (κ1) is 31.1. The van der Waals surface area contributed by atoms with Crippen molar-refractivity contribution in [3.05, 3.63) is 100 Å². The molecule has 2 N–H and O–H groups in total. The third-order valence-electron chi connectivity index (χ3n) is 9.73. The molecule has 9 heteroatoms. The predicted octanol–water partition coefficient (Wildman–Crippen LogP) is 6.01. The van der Waals surface area contributed by atoms with Gasteiger partial charge in [-0.1, -0.05) is 24.3 Å². The molecule has 244 valence electrons. The van der Waals surface area contributed by atoms with Crippen LogP contribution in [0.3, 0.4) is 0 Å². The van der Waals surface area contributed by atoms with Crippen LogP contribution in [0.15, 0.2) is 66.7 Å². The number of nitrogens with two attached hydrogens (primary N) is 1. The number of fused-ring (bicyclic) bond motifs is 2. The van der Waals surface area contributed by atoms with Crippen LogP contribution in [0.5, 0.6) is 40.2 Å². The van der Waals surface area contributed by atoms with Crippen molar-refractivity contribution in [2.24, 2.45) is 5.73 Å². The molecule has 47 heavy (non-hydrogen) atoms. The Kier molecular flexibility index (Phi) is 8.53. The standard InChI is InChI=1S/C38H41N3O6/c1-40-15-13-25-8-11-28-21-29(25)30(40)17-23-5-9-27(10-6-23)45-33-19-24(7-12-32(33)43-3)18-31-36-26(14-16-41(31)2)20-34(44-4)37(38(36)46-28)47-35(42)22-39/h5-12,19-21,30-31H,13-18,22,39H2,1-4H3/t30-,31-/m0/s1. The lowest BCUT2D eigenvalue weighted by molar-refractivity contribution is -0.133. The van der Waals surface area contributed by atoms with Crippen LogP contribution in [-0.4, -0.2) is 63.7 Å². The Morgan fingerprint density at radius 2 is 1.47 bits per heavy atom. The van der Waals surface area contributed by atoms with E-state index in [9.17, 15) is 4.79 Å². The van der Waals surface area contributed by atoms with Crippen LogP contribution in [0.4, 0.5) is 0 Å². The summed E-state index contributed by atoms with van der Waals surface area (Å²) in [5.41, 5.74) is 12.6. The van der Waals surface area contributed by atoms with E-state index in [1.165, 1.54) is 16.7 Å². The van der Waals surface area contributed by atoms with Crippen LogP contribution >= 0.6 is 0 Å². The van der Waals surface area contributed by atoms with Crippen molar-refractivity contribution in [1.29, 1.82) is 0 Å². The first-order valence-electron chi connectivity index (χ1n) is 16.1. The molecular formula is C38H41N3O6. The molecule has 4 aliphatic heterocycles. The van der Waals surface area contributed by atoms with E-state index in [1.807, 2.05) is 36.4 Å². The first-order chi connectivity index (χ1) is 22.8. The number of methoxy groups -OCH3 is 2. The van der Waals surface area contributed by atoms with Gasteiger partial charge in [0.05, 0.1) is 20.8 Å². The number of hydrogen-bond acceptors (Lipinski definition) is 9. The summed E-state index contributed by atoms with van der Waals surface area (Å²) in [4.78, 5) is 17.4. The maximum Gasteiger partial charge on any atom is 0.325 e. The van der Waals surface area contributed by atoms with Crippen LogP contribution in [0.25, 0.3) is 0 Å². The summed E-state index contributed by atoms with van der Waals surface area (Å²) < 4.78 is 30.7. The zero-order valence-corrected chi connectivity index (χ0v) is 27.4. The van der Waals surface area contributed by atoms with Gasteiger partial charge in [-0.25, -0.2) is 0 Å². The summed E-state index contributed by atoms with van der Waals surface area (Å²) in [6.07, 6.45) is 3.21. The van der Waals surface area contributed by atoms with Gasteiger partial charge in [-0.3, -0.25) is 14.6 Å². The highest BCUT2D eigenvalue weighted by molar-refractivity contribution is 5.77. The Morgan fingerprint density at radius 3 is 2.21 bits per heavy atom. The molecule has 0 saturated heterocycles. The van der Waals surface area contributed by atoms with E-state index in [2.05, 4.69) is 54.2 Å². The first-order valence-corrected chi connectivity index (χ1v) is 16.1. The lowest BCUT2D eigenvalue weighted by Gasteiger charge is -2.37. The summed E-state index contributed by atoms with van der Waals surface area (Å²) >= 11 is 0. The number of carbonyl (C=O) groups is 1. The summed E-state index contributed by atoms with van der Waals surface area (Å²) in [6.45, 7) is 1.53. The third-order valence-corrected chi connectivity index (χ3v) is 9.73. The van der Waals surface area contributed by atoms with E-state index in [0.717, 1.165) is 54.8 Å². The van der Waals surface area contributed by atoms with Crippen molar-refractivity contribution in [2.75, 3.05) is 47.9 Å². The minimum absolute atomic E-state index is 0.106. The largest absolute Gasteiger partial charge is 0.493 e. The number of hydrogen-bond donors (Lipinski definition) is 1. The summed E-state index contributed by atoms with van der Waals surface area (Å²) in [5.74, 6) is 3.30. The highest BCUT2D eigenvalue weighted by Gasteiger charge is 2.34. The molecule has 4 heterocycles. The van der Waals surface area contributed by atoms with Gasteiger partial charge in [0.1, 0.15) is 11.5 Å². The number of ether oxygens (including phenoxy) is 5. The molecule has 0 spiro atoms. The average molecular weight is 636 g/mol. The zero-order valence-electron chi connectivity index (χ0n) is 27.4. The van der Waals surface area contributed by atoms with Crippen LogP contribution in [0.2, 0.25) is 0 Å². The quantitative estimate of drug-likeness (QED) is 0.214. The monoisotopic (exact) mass is 635 g/mol. The molecule has 4 aliphatic rings. The topological polar surface area (TPSA) is 95.7 Å². The minimum atomic E-state index is -0.571. The molecular weight excluding hydrogens is 594 g/mol. The predicted molar refractivity (Wildman–Crippen MR) is 179 cm³/mol. The molecule has 0 aromatic heterocycles. The number of esters is 1. The fraction of sp³-hybridized carbons (Fsp3) is 0.342. The second-order valence-corrected chi connectivity index (χ2v) is 12.6. The summed E-state index contributed by atoms with van der Waals surface area (Å²) in [6, 6.07) is 22.7. The Hall–Kier alpha value is -4.57. The van der Waals surface area contributed by atoms with Gasteiger partial charge >= 0.3 is 5.97 Å². The molecule has 0 aliphatic carbocycles. The van der Waals surface area contributed by atoms with Crippen molar-refractivity contribution in [3.63, 3.8) is 0 Å². The molecule has 2 atom stereocenters. The van der Waals surface area contributed by atoms with Gasteiger partial charge in [0, 0.05) is 30.7 Å². The molecule has 8 rings (SSSR count). The average Bonchev–Trinajstić information content (AvgIpc) is 3.08. The highest BCUT2D eigenvalue weighted by atomic mass is 16.6. The molecule has 0 radical (unpaired) electrons. The molecule has 0 saturated carbocycles. The van der Waals surface area contributed by atoms with Gasteiger partial charge < -0.3 is 29.4 Å². The number of benzene rings is 4. The van der Waals surface area contributed by atoms with Crippen molar-refractivity contribution in [1.82, 2.24) is 9.80 Å². The Morgan fingerprint density at radius 1 is 0.787 bits per heavy atom. The Balaban J connectivity index is 1.45. The molecule has 9 nitrogen and oxygen atoms in total. The van der Waals surface area contributed by atoms with Gasteiger partial charge in [0.15, 0.2) is 23.0 Å². The third kappa shape index (κ3) is 6.02. The molecule has 4 aromatic rings. The maximum absolute atomic E-state index is 12.7. The van der Waals surface area contributed by atoms with Crippen LogP contribution in [0.1, 0.15) is 45.5 Å². The van der Waals surface area contributed by atoms with E-state index < -0.39 is 5.97 Å². The van der Waals surface area contributed by atoms with Gasteiger partial charge in [-0.15, -0.1) is 0 Å². The van der Waals surface area contributed by atoms with E-state index in [-0.39, 0.29) is 24.4 Å². The normalized spacial score (nSPS) is 19.0. The number of likely N-dealkylation sites (N-methyl/N-ethyl adjacent to an activating group) is 2. The molecule has 0 unspecified atom stereocenters. The van der Waals surface area contributed by atoms with E-state index >= 15 is 0 Å². The SMILES string of the molecule is COc1ccc2cc1Oc1ccc(cc1)C[C@H]1c3cc(ccc3CCN1C)Oc1c(OC(=O)CN)c(OC)cc3c1[C@H](C2)N(C)CC3. The zero-order chi connectivity index (χ0) is 32.7. The van der Waals surface area contributed by atoms with Gasteiger partial charge in [-0.2, -0.15) is 0 Å². The van der Waals surface area contributed by atoms with Gasteiger partial charge in [0.25, 0.3) is 0 Å². The van der Waals surface area contributed by atoms with Crippen LogP contribution < -0.4 is 29.4 Å². The van der Waals surface area contributed by atoms with Crippen molar-refractivity contribution in [2.45, 2.75) is 37.8 Å². The molecule has 0 fully saturated rings. The fourth-order valence-corrected chi connectivity index (χ4v) is 7.13. The number of carbonyl (C=O) groups excluding carboxylic acids is 1. The van der Waals surface area contributed by atoms with Gasteiger partial charge in [-0.05, 0) is 110 Å². The van der Waals surface area contributed by atoms with Crippen LogP contribution in [-0.2, 0) is 30.5 Å². The number of nitrogens with zero attached hydrogens (tertiary/aromatic N) is 2. The minimum Gasteiger partial charge on any atom is -0.493 e. The summed E-state index contributed by atoms with van der Waals surface area (Å²) in [5, 5.41) is 0. The van der Waals surface area contributed by atoms with Crippen molar-refractivity contribution >= 4 is 5.97 Å². The summed E-state index contributed by atoms with van der Waals surface area (Å²) in [7, 11) is 7.51. The smallest absolute Gasteiger partial charge is 0.325 e. The van der Waals surface area contributed by atoms with Crippen molar-refractivity contribution in [3.8, 4) is 40.2 Å². The molecule has 6 bridgehead atoms. The lowest BCUT2D eigenvalue weighted by atomic mass is 9.87. The van der Waals surface area contributed by atoms with E-state index in [1.54, 1.807) is 14.2 Å². The molecule has 0 amide bonds. The second kappa shape index (κ2) is 12.9. The van der Waals surface area contributed by atoms with Crippen LogP contribution in [0, 0.1) is 0 Å².